The lowest BCUT2D eigenvalue weighted by Crippen LogP contribution is -2.00. The van der Waals surface area contributed by atoms with Gasteiger partial charge in [0.15, 0.2) is 0 Å². The van der Waals surface area contributed by atoms with E-state index in [9.17, 15) is 0 Å². The van der Waals surface area contributed by atoms with E-state index in [4.69, 9.17) is 0 Å². The lowest BCUT2D eigenvalue weighted by atomic mass is 10.5. The molecule has 0 aliphatic heterocycles. The fourth-order valence-corrected chi connectivity index (χ4v) is 1.72. The van der Waals surface area contributed by atoms with E-state index in [0.717, 1.165) is 16.4 Å². The van der Waals surface area contributed by atoms with Gasteiger partial charge < -0.3 is 0 Å². The maximum atomic E-state index is 4.35. The zero-order chi connectivity index (χ0) is 9.26. The fourth-order valence-electron chi connectivity index (χ4n) is 1.12. The molecule has 2 aromatic heterocycles. The molecule has 0 aliphatic carbocycles. The van der Waals surface area contributed by atoms with Crippen LogP contribution in [0.15, 0.2) is 11.6 Å². The van der Waals surface area contributed by atoms with Crippen LogP contribution in [0, 0.1) is 13.8 Å². The number of aromatic nitrogens is 4. The molecule has 2 aromatic rings. The summed E-state index contributed by atoms with van der Waals surface area (Å²) in [5, 5.41) is 11.0. The first-order chi connectivity index (χ1) is 6.24. The van der Waals surface area contributed by atoms with Crippen molar-refractivity contribution in [2.45, 2.75) is 20.4 Å². The second-order valence-corrected chi connectivity index (χ2v) is 3.98. The minimum atomic E-state index is 0.713. The highest BCUT2D eigenvalue weighted by atomic mass is 32.1. The number of nitrogens with zero attached hydrogens (tertiary/aromatic N) is 4. The molecule has 0 aliphatic rings. The van der Waals surface area contributed by atoms with Crippen molar-refractivity contribution in [2.24, 2.45) is 0 Å². The molecule has 0 radical (unpaired) electrons. The minimum Gasteiger partial charge on any atom is -0.246 e. The Labute approximate surface area is 80.2 Å². The Kier molecular flexibility index (Phi) is 2.10. The Hall–Kier alpha value is -1.23. The largest absolute Gasteiger partial charge is 0.246 e. The molecule has 0 aromatic carbocycles. The summed E-state index contributed by atoms with van der Waals surface area (Å²) in [7, 11) is 0. The van der Waals surface area contributed by atoms with Gasteiger partial charge in [0.25, 0.3) is 0 Å². The summed E-state index contributed by atoms with van der Waals surface area (Å²) >= 11 is 1.66. The SMILES string of the molecule is Cc1cn(Cc2csc(C)n2)nn1. The van der Waals surface area contributed by atoms with Crippen LogP contribution in [0.2, 0.25) is 0 Å². The van der Waals surface area contributed by atoms with Crippen LogP contribution < -0.4 is 0 Å². The van der Waals surface area contributed by atoms with Gasteiger partial charge in [-0.2, -0.15) is 0 Å². The van der Waals surface area contributed by atoms with Crippen LogP contribution in [-0.2, 0) is 6.54 Å². The zero-order valence-electron chi connectivity index (χ0n) is 7.56. The first kappa shape index (κ1) is 8.37. The molecule has 13 heavy (non-hydrogen) atoms. The van der Waals surface area contributed by atoms with Crippen LogP contribution in [0.3, 0.4) is 0 Å². The number of hydrogen-bond acceptors (Lipinski definition) is 4. The molecular formula is C8H10N4S. The lowest BCUT2D eigenvalue weighted by Gasteiger charge is -1.93. The van der Waals surface area contributed by atoms with E-state index < -0.39 is 0 Å². The van der Waals surface area contributed by atoms with E-state index in [1.165, 1.54) is 0 Å². The van der Waals surface area contributed by atoms with Crippen LogP contribution in [0.5, 0.6) is 0 Å². The van der Waals surface area contributed by atoms with Crippen LogP contribution in [0.1, 0.15) is 16.4 Å². The highest BCUT2D eigenvalue weighted by Gasteiger charge is 2.00. The molecule has 2 heterocycles. The van der Waals surface area contributed by atoms with E-state index in [0.29, 0.717) is 6.54 Å². The van der Waals surface area contributed by atoms with Crippen LogP contribution >= 0.6 is 11.3 Å². The van der Waals surface area contributed by atoms with Crippen molar-refractivity contribution in [3.63, 3.8) is 0 Å². The monoisotopic (exact) mass is 194 g/mol. The maximum absolute atomic E-state index is 4.35. The van der Waals surface area contributed by atoms with E-state index in [1.54, 1.807) is 16.0 Å². The predicted molar refractivity (Wildman–Crippen MR) is 50.7 cm³/mol. The zero-order valence-corrected chi connectivity index (χ0v) is 8.38. The van der Waals surface area contributed by atoms with Crippen molar-refractivity contribution in [3.8, 4) is 0 Å². The van der Waals surface area contributed by atoms with Crippen molar-refractivity contribution < 1.29 is 0 Å². The standard InChI is InChI=1S/C8H10N4S/c1-6-3-12(11-10-6)4-8-5-13-7(2)9-8/h3,5H,4H2,1-2H3. The molecule has 0 saturated heterocycles. The molecule has 68 valence electrons. The second kappa shape index (κ2) is 3.26. The summed E-state index contributed by atoms with van der Waals surface area (Å²) in [6.07, 6.45) is 1.91. The third kappa shape index (κ3) is 1.92. The lowest BCUT2D eigenvalue weighted by molar-refractivity contribution is 0.640. The van der Waals surface area contributed by atoms with E-state index >= 15 is 0 Å². The fraction of sp³-hybridized carbons (Fsp3) is 0.375. The van der Waals surface area contributed by atoms with Gasteiger partial charge in [-0.3, -0.25) is 0 Å². The smallest absolute Gasteiger partial charge is 0.0898 e. The van der Waals surface area contributed by atoms with Crippen molar-refractivity contribution in [1.82, 2.24) is 20.0 Å². The van der Waals surface area contributed by atoms with Gasteiger partial charge in [-0.05, 0) is 13.8 Å². The molecule has 0 fully saturated rings. The average Bonchev–Trinajstić information content (AvgIpc) is 2.62. The summed E-state index contributed by atoms with van der Waals surface area (Å²) in [5.41, 5.74) is 1.99. The normalized spacial score (nSPS) is 10.6. The number of hydrogen-bond donors (Lipinski definition) is 0. The van der Waals surface area contributed by atoms with Gasteiger partial charge in [0, 0.05) is 11.6 Å². The summed E-state index contributed by atoms with van der Waals surface area (Å²) < 4.78 is 1.80. The molecule has 0 unspecified atom stereocenters. The molecule has 4 nitrogen and oxygen atoms in total. The summed E-state index contributed by atoms with van der Waals surface area (Å²) in [6.45, 7) is 4.64. The number of aryl methyl sites for hydroxylation is 2. The molecule has 0 spiro atoms. The Morgan fingerprint density at radius 1 is 1.46 bits per heavy atom. The Bertz CT molecular complexity index is 365. The van der Waals surface area contributed by atoms with Gasteiger partial charge in [-0.15, -0.1) is 16.4 Å². The minimum absolute atomic E-state index is 0.713. The number of rotatable bonds is 2. The second-order valence-electron chi connectivity index (χ2n) is 2.92. The summed E-state index contributed by atoms with van der Waals surface area (Å²) in [5.74, 6) is 0. The average molecular weight is 194 g/mol. The molecule has 0 atom stereocenters. The van der Waals surface area contributed by atoms with Crippen LogP contribution in [-0.4, -0.2) is 20.0 Å². The van der Waals surface area contributed by atoms with Gasteiger partial charge in [-0.25, -0.2) is 9.67 Å². The summed E-state index contributed by atoms with van der Waals surface area (Å²) in [4.78, 5) is 4.35. The molecule has 5 heteroatoms. The highest BCUT2D eigenvalue weighted by molar-refractivity contribution is 7.09. The Morgan fingerprint density at radius 3 is 2.85 bits per heavy atom. The molecule has 0 bridgehead atoms. The van der Waals surface area contributed by atoms with Crippen molar-refractivity contribution in [2.75, 3.05) is 0 Å². The third-order valence-corrected chi connectivity index (χ3v) is 2.47. The summed E-state index contributed by atoms with van der Waals surface area (Å²) in [6, 6.07) is 0. The van der Waals surface area contributed by atoms with Crippen molar-refractivity contribution in [1.29, 1.82) is 0 Å². The van der Waals surface area contributed by atoms with Gasteiger partial charge >= 0.3 is 0 Å². The van der Waals surface area contributed by atoms with E-state index in [2.05, 4.69) is 15.3 Å². The van der Waals surface area contributed by atoms with Crippen LogP contribution in [0.4, 0.5) is 0 Å². The quantitative estimate of drug-likeness (QED) is 0.725. The molecule has 0 saturated carbocycles. The van der Waals surface area contributed by atoms with Crippen LogP contribution in [0.25, 0.3) is 0 Å². The van der Waals surface area contributed by atoms with Gasteiger partial charge in [0.05, 0.1) is 22.9 Å². The molecule has 2 rings (SSSR count). The molecule has 0 N–H and O–H groups in total. The van der Waals surface area contributed by atoms with Gasteiger partial charge in [-0.1, -0.05) is 5.21 Å². The van der Waals surface area contributed by atoms with Crippen molar-refractivity contribution in [3.05, 3.63) is 28.0 Å². The van der Waals surface area contributed by atoms with Gasteiger partial charge in [0.1, 0.15) is 0 Å². The number of thiazole rings is 1. The van der Waals surface area contributed by atoms with E-state index in [1.807, 2.05) is 25.4 Å². The molecular weight excluding hydrogens is 184 g/mol. The Morgan fingerprint density at radius 2 is 2.31 bits per heavy atom. The first-order valence-electron chi connectivity index (χ1n) is 4.02. The Balaban J connectivity index is 2.14. The maximum Gasteiger partial charge on any atom is 0.0898 e. The third-order valence-electron chi connectivity index (χ3n) is 1.64. The molecule has 0 amide bonds. The predicted octanol–water partition coefficient (Wildman–Crippen LogP) is 1.40. The topological polar surface area (TPSA) is 43.6 Å². The first-order valence-corrected chi connectivity index (χ1v) is 4.90. The highest BCUT2D eigenvalue weighted by Crippen LogP contribution is 2.08. The van der Waals surface area contributed by atoms with E-state index in [-0.39, 0.29) is 0 Å². The van der Waals surface area contributed by atoms with Crippen molar-refractivity contribution >= 4 is 11.3 Å². The van der Waals surface area contributed by atoms with Gasteiger partial charge in [0.2, 0.25) is 0 Å².